The Labute approximate surface area is 304 Å². The molecule has 7 aromatic rings. The van der Waals surface area contributed by atoms with Crippen LogP contribution in [0.5, 0.6) is 11.5 Å². The molecule has 0 spiro atoms. The summed E-state index contributed by atoms with van der Waals surface area (Å²) in [6.07, 6.45) is 3.45. The van der Waals surface area contributed by atoms with Crippen LogP contribution >= 0.6 is 0 Å². The molecule has 0 amide bonds. The number of aromatic nitrogens is 5. The van der Waals surface area contributed by atoms with Gasteiger partial charge in [-0.15, -0.1) is 5.10 Å². The predicted octanol–water partition coefficient (Wildman–Crippen LogP) is 6.39. The van der Waals surface area contributed by atoms with E-state index >= 15 is 0 Å². The average molecular weight is 714 g/mol. The number of para-hydroxylation sites is 1. The van der Waals surface area contributed by atoms with Crippen LogP contribution in [0.4, 0.5) is 0 Å². The lowest BCUT2D eigenvalue weighted by Gasteiger charge is -2.09. The standard InChI is InChI=1S/C41H39N5O7/c1-28-8-17-38-35(25-28)37(47)26-39(53-38)29-9-13-33(14-10-29)52-24-23-50-22-21-49-20-18-46-27-31(44-45-46)5-4-19-51-32-15-11-30(12-16-32)40-42-36-7-3-2-6-34(36)41(48)43-40/h2-3,6-17,25-27H,4-5,18-24H2,1H3,(H,42,43,48). The number of nitrogens with one attached hydrogen (secondary N) is 1. The molecule has 53 heavy (non-hydrogen) atoms. The number of fused-ring (bicyclic) bond motifs is 2. The molecular formula is C41H39N5O7. The number of benzene rings is 4. The van der Waals surface area contributed by atoms with Crippen molar-refractivity contribution in [3.8, 4) is 34.2 Å². The van der Waals surface area contributed by atoms with Gasteiger partial charge in [0.1, 0.15) is 35.3 Å². The fourth-order valence-corrected chi connectivity index (χ4v) is 5.76. The number of H-pyrrole nitrogens is 1. The largest absolute Gasteiger partial charge is 0.494 e. The van der Waals surface area contributed by atoms with Crippen molar-refractivity contribution in [3.63, 3.8) is 0 Å². The maximum absolute atomic E-state index is 12.6. The lowest BCUT2D eigenvalue weighted by molar-refractivity contribution is 0.0333. The molecule has 4 aromatic carbocycles. The summed E-state index contributed by atoms with van der Waals surface area (Å²) < 4.78 is 30.8. The van der Waals surface area contributed by atoms with E-state index in [1.165, 1.54) is 6.07 Å². The molecular weight excluding hydrogens is 674 g/mol. The van der Waals surface area contributed by atoms with Gasteiger partial charge in [0, 0.05) is 23.4 Å². The number of aromatic amines is 1. The predicted molar refractivity (Wildman–Crippen MR) is 201 cm³/mol. The van der Waals surface area contributed by atoms with Crippen LogP contribution in [0.15, 0.2) is 117 Å². The molecule has 0 bridgehead atoms. The molecule has 0 atom stereocenters. The van der Waals surface area contributed by atoms with Gasteiger partial charge in [0.2, 0.25) is 0 Å². The molecule has 0 aliphatic rings. The van der Waals surface area contributed by atoms with Crippen LogP contribution in [0.2, 0.25) is 0 Å². The lowest BCUT2D eigenvalue weighted by Crippen LogP contribution is -2.13. The van der Waals surface area contributed by atoms with Crippen molar-refractivity contribution in [2.75, 3.05) is 39.6 Å². The first-order valence-electron chi connectivity index (χ1n) is 17.5. The zero-order valence-electron chi connectivity index (χ0n) is 29.3. The van der Waals surface area contributed by atoms with Gasteiger partial charge in [0.25, 0.3) is 5.56 Å². The summed E-state index contributed by atoms with van der Waals surface area (Å²) in [6, 6.07) is 29.3. The molecule has 0 aliphatic carbocycles. The Morgan fingerprint density at radius 3 is 2.26 bits per heavy atom. The molecule has 0 saturated carbocycles. The highest BCUT2D eigenvalue weighted by Crippen LogP contribution is 2.25. The number of hydrogen-bond acceptors (Lipinski definition) is 10. The fourth-order valence-electron chi connectivity index (χ4n) is 5.76. The maximum Gasteiger partial charge on any atom is 0.259 e. The normalized spacial score (nSPS) is 11.3. The van der Waals surface area contributed by atoms with Crippen molar-refractivity contribution in [2.45, 2.75) is 26.3 Å². The minimum atomic E-state index is -0.160. The van der Waals surface area contributed by atoms with Gasteiger partial charge < -0.3 is 28.3 Å². The van der Waals surface area contributed by atoms with Gasteiger partial charge in [-0.3, -0.25) is 9.59 Å². The van der Waals surface area contributed by atoms with E-state index in [1.807, 2.05) is 98.0 Å². The molecule has 0 unspecified atom stereocenters. The minimum Gasteiger partial charge on any atom is -0.494 e. The summed E-state index contributed by atoms with van der Waals surface area (Å²) in [7, 11) is 0. The van der Waals surface area contributed by atoms with Gasteiger partial charge in [-0.05, 0) is 92.6 Å². The first-order chi connectivity index (χ1) is 26.0. The maximum atomic E-state index is 12.6. The molecule has 3 aromatic heterocycles. The van der Waals surface area contributed by atoms with Crippen LogP contribution in [0.25, 0.3) is 44.6 Å². The molecule has 0 radical (unpaired) electrons. The van der Waals surface area contributed by atoms with E-state index in [9.17, 15) is 9.59 Å². The van der Waals surface area contributed by atoms with Crippen molar-refractivity contribution in [1.29, 1.82) is 0 Å². The van der Waals surface area contributed by atoms with Crippen molar-refractivity contribution in [1.82, 2.24) is 25.0 Å². The molecule has 12 heteroatoms. The van der Waals surface area contributed by atoms with E-state index in [1.54, 1.807) is 10.7 Å². The molecule has 0 fully saturated rings. The number of ether oxygens (including phenoxy) is 4. The summed E-state index contributed by atoms with van der Waals surface area (Å²) in [6.45, 7) is 5.30. The highest BCUT2D eigenvalue weighted by Gasteiger charge is 2.09. The van der Waals surface area contributed by atoms with E-state index < -0.39 is 0 Å². The second kappa shape index (κ2) is 16.9. The third kappa shape index (κ3) is 9.23. The Hall–Kier alpha value is -6.11. The van der Waals surface area contributed by atoms with Gasteiger partial charge in [0.05, 0.1) is 61.6 Å². The van der Waals surface area contributed by atoms with E-state index in [-0.39, 0.29) is 11.0 Å². The molecule has 12 nitrogen and oxygen atoms in total. The topological polar surface area (TPSA) is 144 Å². The molecule has 0 saturated heterocycles. The lowest BCUT2D eigenvalue weighted by atomic mass is 10.1. The van der Waals surface area contributed by atoms with Gasteiger partial charge >= 0.3 is 0 Å². The van der Waals surface area contributed by atoms with Crippen molar-refractivity contribution < 1.29 is 23.4 Å². The average Bonchev–Trinajstić information content (AvgIpc) is 3.64. The van der Waals surface area contributed by atoms with E-state index in [2.05, 4.69) is 20.3 Å². The molecule has 270 valence electrons. The zero-order chi connectivity index (χ0) is 36.4. The molecule has 7 rings (SSSR count). The summed E-state index contributed by atoms with van der Waals surface area (Å²) in [4.78, 5) is 32.4. The van der Waals surface area contributed by atoms with Gasteiger partial charge in [-0.1, -0.05) is 29.0 Å². The molecule has 1 N–H and O–H groups in total. The number of hydrogen-bond donors (Lipinski definition) is 1. The third-order valence-electron chi connectivity index (χ3n) is 8.53. The van der Waals surface area contributed by atoms with E-state index in [0.29, 0.717) is 85.4 Å². The quantitative estimate of drug-likeness (QED) is 0.106. The first kappa shape index (κ1) is 35.3. The smallest absolute Gasteiger partial charge is 0.259 e. The Morgan fingerprint density at radius 1 is 0.736 bits per heavy atom. The van der Waals surface area contributed by atoms with Crippen LogP contribution in [0.1, 0.15) is 17.7 Å². The number of aryl methyl sites for hydroxylation is 2. The summed E-state index contributed by atoms with van der Waals surface area (Å²) in [5.41, 5.74) is 4.52. The molecule has 3 heterocycles. The van der Waals surface area contributed by atoms with Crippen LogP contribution < -0.4 is 20.5 Å². The van der Waals surface area contributed by atoms with Crippen LogP contribution in [0.3, 0.4) is 0 Å². The van der Waals surface area contributed by atoms with Gasteiger partial charge in [0.15, 0.2) is 5.43 Å². The monoisotopic (exact) mass is 713 g/mol. The Bertz CT molecular complexity index is 2400. The summed E-state index contributed by atoms with van der Waals surface area (Å²) >= 11 is 0. The Morgan fingerprint density at radius 2 is 1.45 bits per heavy atom. The minimum absolute atomic E-state index is 0.0640. The van der Waals surface area contributed by atoms with Gasteiger partial charge in [-0.25, -0.2) is 9.67 Å². The van der Waals surface area contributed by atoms with Crippen molar-refractivity contribution in [3.05, 3.63) is 135 Å². The SMILES string of the molecule is Cc1ccc2oc(-c3ccc(OCCOCCOCCn4cc(CCCOc5ccc(-c6nc7ccccc7c(=O)[nH]6)cc5)nn4)cc3)cc(=O)c2c1. The Balaban J connectivity index is 0.736. The van der Waals surface area contributed by atoms with Crippen LogP contribution in [-0.2, 0) is 22.4 Å². The molecule has 0 aliphatic heterocycles. The van der Waals surface area contributed by atoms with E-state index in [0.717, 1.165) is 41.0 Å². The second-order valence-electron chi connectivity index (χ2n) is 12.5. The third-order valence-corrected chi connectivity index (χ3v) is 8.53. The highest BCUT2D eigenvalue weighted by molar-refractivity contribution is 5.80. The summed E-state index contributed by atoms with van der Waals surface area (Å²) in [5.74, 6) is 2.48. The second-order valence-corrected chi connectivity index (χ2v) is 12.5. The fraction of sp³-hybridized carbons (Fsp3) is 0.244. The van der Waals surface area contributed by atoms with Crippen molar-refractivity contribution >= 4 is 21.9 Å². The first-order valence-corrected chi connectivity index (χ1v) is 17.5. The zero-order valence-corrected chi connectivity index (χ0v) is 29.3. The number of rotatable bonds is 17. The summed E-state index contributed by atoms with van der Waals surface area (Å²) in [5, 5.41) is 9.60. The van der Waals surface area contributed by atoms with Crippen LogP contribution in [0, 0.1) is 6.92 Å². The van der Waals surface area contributed by atoms with E-state index in [4.69, 9.17) is 23.4 Å². The van der Waals surface area contributed by atoms with Gasteiger partial charge in [-0.2, -0.15) is 0 Å². The van der Waals surface area contributed by atoms with Crippen molar-refractivity contribution in [2.24, 2.45) is 0 Å². The highest BCUT2D eigenvalue weighted by atomic mass is 16.5. The number of nitrogens with zero attached hydrogens (tertiary/aromatic N) is 4. The Kier molecular flexibility index (Phi) is 11.3. The van der Waals surface area contributed by atoms with Crippen LogP contribution in [-0.4, -0.2) is 64.6 Å².